The lowest BCUT2D eigenvalue weighted by Gasteiger charge is -2.26. The van der Waals surface area contributed by atoms with Gasteiger partial charge in [0.15, 0.2) is 5.82 Å². The van der Waals surface area contributed by atoms with Crippen LogP contribution in [-0.4, -0.2) is 34.8 Å². The van der Waals surface area contributed by atoms with Crippen LogP contribution in [-0.2, 0) is 0 Å². The SMILES string of the molecule is COc1ncnc(NCC2CCCC(O)C2)c1N. The summed E-state index contributed by atoms with van der Waals surface area (Å²) in [5, 5.41) is 12.8. The monoisotopic (exact) mass is 252 g/mol. The zero-order valence-corrected chi connectivity index (χ0v) is 10.6. The van der Waals surface area contributed by atoms with E-state index in [1.807, 2.05) is 0 Å². The van der Waals surface area contributed by atoms with E-state index in [1.54, 1.807) is 0 Å². The Labute approximate surface area is 107 Å². The third-order valence-electron chi connectivity index (χ3n) is 3.35. The molecule has 1 aromatic heterocycles. The number of nitrogens with two attached hydrogens (primary N) is 1. The first kappa shape index (κ1) is 12.9. The minimum absolute atomic E-state index is 0.164. The average Bonchev–Trinajstić information content (AvgIpc) is 2.38. The first-order chi connectivity index (χ1) is 8.70. The molecule has 2 unspecified atom stereocenters. The van der Waals surface area contributed by atoms with Crippen molar-refractivity contribution >= 4 is 11.5 Å². The summed E-state index contributed by atoms with van der Waals surface area (Å²) in [4.78, 5) is 8.03. The summed E-state index contributed by atoms with van der Waals surface area (Å²) in [6.07, 6.45) is 5.23. The maximum atomic E-state index is 9.62. The second-order valence-electron chi connectivity index (χ2n) is 4.71. The minimum atomic E-state index is -0.164. The molecule has 4 N–H and O–H groups in total. The van der Waals surface area contributed by atoms with Crippen molar-refractivity contribution in [2.45, 2.75) is 31.8 Å². The number of rotatable bonds is 4. The lowest BCUT2D eigenvalue weighted by molar-refractivity contribution is 0.104. The maximum Gasteiger partial charge on any atom is 0.242 e. The molecule has 1 aromatic rings. The van der Waals surface area contributed by atoms with E-state index in [-0.39, 0.29) is 6.10 Å². The van der Waals surface area contributed by atoms with Gasteiger partial charge in [-0.1, -0.05) is 6.42 Å². The molecule has 18 heavy (non-hydrogen) atoms. The highest BCUT2D eigenvalue weighted by Crippen LogP contribution is 2.27. The average molecular weight is 252 g/mol. The van der Waals surface area contributed by atoms with Crippen LogP contribution in [0.1, 0.15) is 25.7 Å². The number of hydrogen-bond acceptors (Lipinski definition) is 6. The molecule has 0 amide bonds. The number of nitrogens with zero attached hydrogens (tertiary/aromatic N) is 2. The van der Waals surface area contributed by atoms with Crippen molar-refractivity contribution in [1.29, 1.82) is 0 Å². The van der Waals surface area contributed by atoms with Gasteiger partial charge in [-0.15, -0.1) is 0 Å². The van der Waals surface area contributed by atoms with E-state index in [1.165, 1.54) is 13.4 Å². The van der Waals surface area contributed by atoms with Crippen LogP contribution in [0.25, 0.3) is 0 Å². The fourth-order valence-corrected chi connectivity index (χ4v) is 2.37. The highest BCUT2D eigenvalue weighted by atomic mass is 16.5. The first-order valence-electron chi connectivity index (χ1n) is 6.27. The van der Waals surface area contributed by atoms with Gasteiger partial charge in [0, 0.05) is 6.54 Å². The van der Waals surface area contributed by atoms with Crippen molar-refractivity contribution in [1.82, 2.24) is 9.97 Å². The third-order valence-corrected chi connectivity index (χ3v) is 3.35. The standard InChI is InChI=1S/C12H20N4O2/c1-18-12-10(13)11(15-7-16-12)14-6-8-3-2-4-9(17)5-8/h7-9,17H,2-6,13H2,1H3,(H,14,15,16). The molecule has 1 fully saturated rings. The molecule has 100 valence electrons. The number of aliphatic hydroxyl groups excluding tert-OH is 1. The van der Waals surface area contributed by atoms with Gasteiger partial charge in [0.25, 0.3) is 0 Å². The first-order valence-corrected chi connectivity index (χ1v) is 6.27. The van der Waals surface area contributed by atoms with Crippen LogP contribution in [0.15, 0.2) is 6.33 Å². The Morgan fingerprint density at radius 3 is 3.06 bits per heavy atom. The molecule has 0 spiro atoms. The number of nitrogens with one attached hydrogen (secondary N) is 1. The van der Waals surface area contributed by atoms with Crippen LogP contribution < -0.4 is 15.8 Å². The molecule has 2 rings (SSSR count). The second kappa shape index (κ2) is 5.86. The largest absolute Gasteiger partial charge is 0.479 e. The fraction of sp³-hybridized carbons (Fsp3) is 0.667. The van der Waals surface area contributed by atoms with Crippen molar-refractivity contribution < 1.29 is 9.84 Å². The van der Waals surface area contributed by atoms with Crippen LogP contribution in [0.4, 0.5) is 11.5 Å². The molecule has 6 heteroatoms. The molecule has 1 heterocycles. The molecule has 0 aromatic carbocycles. The molecule has 1 saturated carbocycles. The molecule has 6 nitrogen and oxygen atoms in total. The Balaban J connectivity index is 1.93. The number of aliphatic hydroxyl groups is 1. The van der Waals surface area contributed by atoms with Gasteiger partial charge in [0.2, 0.25) is 5.88 Å². The van der Waals surface area contributed by atoms with Gasteiger partial charge in [-0.3, -0.25) is 0 Å². The zero-order valence-electron chi connectivity index (χ0n) is 10.6. The van der Waals surface area contributed by atoms with Gasteiger partial charge in [-0.05, 0) is 25.2 Å². The Kier molecular flexibility index (Phi) is 4.19. The molecule has 2 atom stereocenters. The lowest BCUT2D eigenvalue weighted by Crippen LogP contribution is -2.25. The highest BCUT2D eigenvalue weighted by Gasteiger charge is 2.20. The van der Waals surface area contributed by atoms with E-state index in [0.717, 1.165) is 32.2 Å². The zero-order chi connectivity index (χ0) is 13.0. The fourth-order valence-electron chi connectivity index (χ4n) is 2.37. The summed E-state index contributed by atoms with van der Waals surface area (Å²) in [7, 11) is 1.53. The summed E-state index contributed by atoms with van der Waals surface area (Å²) in [6, 6.07) is 0. The molecule has 0 bridgehead atoms. The van der Waals surface area contributed by atoms with Gasteiger partial charge in [-0.25, -0.2) is 4.98 Å². The highest BCUT2D eigenvalue weighted by molar-refractivity contribution is 5.66. The van der Waals surface area contributed by atoms with Crippen LogP contribution in [0, 0.1) is 5.92 Å². The van der Waals surface area contributed by atoms with Gasteiger partial charge < -0.3 is 20.9 Å². The summed E-state index contributed by atoms with van der Waals surface area (Å²) >= 11 is 0. The van der Waals surface area contributed by atoms with Crippen LogP contribution in [0.3, 0.4) is 0 Å². The summed E-state index contributed by atoms with van der Waals surface area (Å²) in [5.74, 6) is 1.45. The van der Waals surface area contributed by atoms with E-state index in [4.69, 9.17) is 10.5 Å². The molecule has 0 radical (unpaired) electrons. The Morgan fingerprint density at radius 1 is 1.50 bits per heavy atom. The second-order valence-corrected chi connectivity index (χ2v) is 4.71. The predicted octanol–water partition coefficient (Wildman–Crippen LogP) is 1.03. The van der Waals surface area contributed by atoms with E-state index in [0.29, 0.717) is 23.3 Å². The van der Waals surface area contributed by atoms with E-state index in [2.05, 4.69) is 15.3 Å². The summed E-state index contributed by atoms with van der Waals surface area (Å²) < 4.78 is 5.04. The topological polar surface area (TPSA) is 93.3 Å². The Hall–Kier alpha value is -1.56. The molecule has 0 aliphatic heterocycles. The molecule has 1 aliphatic rings. The number of hydrogen-bond donors (Lipinski definition) is 3. The third kappa shape index (κ3) is 3.01. The van der Waals surface area contributed by atoms with Crippen molar-refractivity contribution in [3.63, 3.8) is 0 Å². The molecular weight excluding hydrogens is 232 g/mol. The van der Waals surface area contributed by atoms with E-state index < -0.39 is 0 Å². The van der Waals surface area contributed by atoms with Crippen LogP contribution >= 0.6 is 0 Å². The Morgan fingerprint density at radius 2 is 2.33 bits per heavy atom. The van der Waals surface area contributed by atoms with Crippen molar-refractivity contribution in [3.8, 4) is 5.88 Å². The van der Waals surface area contributed by atoms with Crippen molar-refractivity contribution in [2.75, 3.05) is 24.7 Å². The van der Waals surface area contributed by atoms with Crippen LogP contribution in [0.2, 0.25) is 0 Å². The summed E-state index contributed by atoms with van der Waals surface area (Å²) in [6.45, 7) is 0.765. The van der Waals surface area contributed by atoms with Crippen molar-refractivity contribution in [2.24, 2.45) is 5.92 Å². The molecular formula is C12H20N4O2. The van der Waals surface area contributed by atoms with E-state index in [9.17, 15) is 5.11 Å². The number of ether oxygens (including phenoxy) is 1. The van der Waals surface area contributed by atoms with Gasteiger partial charge in [-0.2, -0.15) is 4.98 Å². The van der Waals surface area contributed by atoms with Gasteiger partial charge in [0.05, 0.1) is 13.2 Å². The maximum absolute atomic E-state index is 9.62. The normalized spacial score (nSPS) is 23.7. The number of aromatic nitrogens is 2. The lowest BCUT2D eigenvalue weighted by atomic mass is 9.87. The molecule has 1 aliphatic carbocycles. The minimum Gasteiger partial charge on any atom is -0.479 e. The number of anilines is 2. The predicted molar refractivity (Wildman–Crippen MR) is 69.5 cm³/mol. The smallest absolute Gasteiger partial charge is 0.242 e. The van der Waals surface area contributed by atoms with Gasteiger partial charge >= 0.3 is 0 Å². The van der Waals surface area contributed by atoms with Crippen molar-refractivity contribution in [3.05, 3.63) is 6.33 Å². The van der Waals surface area contributed by atoms with E-state index >= 15 is 0 Å². The number of methoxy groups -OCH3 is 1. The quantitative estimate of drug-likeness (QED) is 0.741. The summed E-state index contributed by atoms with van der Waals surface area (Å²) in [5.41, 5.74) is 6.30. The van der Waals surface area contributed by atoms with Gasteiger partial charge in [0.1, 0.15) is 12.0 Å². The number of nitrogen functional groups attached to an aromatic ring is 1. The molecule has 0 saturated heterocycles. The Bertz CT molecular complexity index is 400. The van der Waals surface area contributed by atoms with Crippen LogP contribution in [0.5, 0.6) is 5.88 Å².